The van der Waals surface area contributed by atoms with Crippen LogP contribution in [-0.4, -0.2) is 32.1 Å². The minimum absolute atomic E-state index is 0.526. The van der Waals surface area contributed by atoms with E-state index in [1.54, 1.807) is 18.4 Å². The summed E-state index contributed by atoms with van der Waals surface area (Å²) in [7, 11) is 5.54. The lowest BCUT2D eigenvalue weighted by Gasteiger charge is -2.04. The van der Waals surface area contributed by atoms with E-state index in [0.29, 0.717) is 11.8 Å². The third-order valence-electron chi connectivity index (χ3n) is 1.77. The molecule has 1 rings (SSSR count). The highest BCUT2D eigenvalue weighted by Crippen LogP contribution is 2.32. The second-order valence-electron chi connectivity index (χ2n) is 3.39. The number of hydrogen-bond donors (Lipinski definition) is 0. The molecular weight excluding hydrogens is 232 g/mol. The van der Waals surface area contributed by atoms with Gasteiger partial charge < -0.3 is 9.64 Å². The van der Waals surface area contributed by atoms with Crippen molar-refractivity contribution >= 4 is 34.1 Å². The monoisotopic (exact) mass is 246 g/mol. The van der Waals surface area contributed by atoms with Crippen molar-refractivity contribution in [3.05, 3.63) is 10.5 Å². The van der Waals surface area contributed by atoms with Crippen LogP contribution in [0.1, 0.15) is 11.8 Å². The molecule has 0 saturated carbocycles. The summed E-state index contributed by atoms with van der Waals surface area (Å²) in [6.07, 6.45) is 2.01. The summed E-state index contributed by atoms with van der Waals surface area (Å²) in [6, 6.07) is 0. The van der Waals surface area contributed by atoms with Crippen LogP contribution in [0.3, 0.4) is 0 Å². The first-order valence-electron chi connectivity index (χ1n) is 4.53. The molecule has 15 heavy (non-hydrogen) atoms. The average Bonchev–Trinajstić information content (AvgIpc) is 2.61. The van der Waals surface area contributed by atoms with Crippen LogP contribution in [0.25, 0.3) is 6.08 Å². The smallest absolute Gasteiger partial charge is 0.233 e. The molecule has 0 unspecified atom stereocenters. The highest BCUT2D eigenvalue weighted by molar-refractivity contribution is 7.16. The molecule has 0 amide bonds. The van der Waals surface area contributed by atoms with Crippen molar-refractivity contribution in [3.8, 4) is 5.88 Å². The number of alkyl halides is 1. The molecule has 0 spiro atoms. The van der Waals surface area contributed by atoms with Crippen LogP contribution >= 0.6 is 22.9 Å². The molecule has 1 aromatic heterocycles. The van der Waals surface area contributed by atoms with Crippen molar-refractivity contribution in [2.75, 3.05) is 32.0 Å². The summed E-state index contributed by atoms with van der Waals surface area (Å²) in [4.78, 5) is 7.32. The first-order valence-corrected chi connectivity index (χ1v) is 5.89. The van der Waals surface area contributed by atoms with Crippen LogP contribution in [-0.2, 0) is 0 Å². The fraction of sp³-hybridized carbons (Fsp3) is 0.500. The van der Waals surface area contributed by atoms with Crippen LogP contribution in [0.2, 0.25) is 0 Å². The van der Waals surface area contributed by atoms with Gasteiger partial charge >= 0.3 is 0 Å². The van der Waals surface area contributed by atoms with Gasteiger partial charge in [-0.25, -0.2) is 0 Å². The van der Waals surface area contributed by atoms with Gasteiger partial charge in [-0.2, -0.15) is 4.98 Å². The van der Waals surface area contributed by atoms with Crippen LogP contribution in [0.4, 0.5) is 5.13 Å². The quantitative estimate of drug-likeness (QED) is 0.764. The minimum Gasteiger partial charge on any atom is -0.480 e. The van der Waals surface area contributed by atoms with E-state index in [9.17, 15) is 0 Å². The molecule has 84 valence electrons. The van der Waals surface area contributed by atoms with Crippen LogP contribution < -0.4 is 9.64 Å². The first kappa shape index (κ1) is 12.3. The summed E-state index contributed by atoms with van der Waals surface area (Å²) in [5.74, 6) is 1.19. The predicted octanol–water partition coefficient (Wildman–Crippen LogP) is 2.86. The van der Waals surface area contributed by atoms with E-state index >= 15 is 0 Å². The molecule has 1 aromatic rings. The Kier molecular flexibility index (Phi) is 4.42. The van der Waals surface area contributed by atoms with Gasteiger partial charge in [-0.1, -0.05) is 16.9 Å². The Bertz CT molecular complexity index is 360. The highest BCUT2D eigenvalue weighted by Gasteiger charge is 2.10. The molecule has 0 saturated heterocycles. The first-order chi connectivity index (χ1) is 7.08. The summed E-state index contributed by atoms with van der Waals surface area (Å²) in [5.41, 5.74) is 1.10. The molecule has 0 radical (unpaired) electrons. The Hall–Kier alpha value is -0.740. The summed E-state index contributed by atoms with van der Waals surface area (Å²) >= 11 is 7.32. The third kappa shape index (κ3) is 3.11. The van der Waals surface area contributed by atoms with Crippen molar-refractivity contribution in [1.29, 1.82) is 0 Å². The zero-order chi connectivity index (χ0) is 11.4. The fourth-order valence-electron chi connectivity index (χ4n) is 0.998. The lowest BCUT2D eigenvalue weighted by Crippen LogP contribution is -2.07. The summed E-state index contributed by atoms with van der Waals surface area (Å²) in [6.45, 7) is 1.99. The van der Waals surface area contributed by atoms with Crippen molar-refractivity contribution in [2.24, 2.45) is 0 Å². The van der Waals surface area contributed by atoms with Crippen molar-refractivity contribution in [1.82, 2.24) is 4.98 Å². The fourth-order valence-corrected chi connectivity index (χ4v) is 2.06. The number of methoxy groups -OCH3 is 1. The molecule has 0 N–H and O–H groups in total. The van der Waals surface area contributed by atoms with Crippen LogP contribution in [0, 0.1) is 0 Å². The van der Waals surface area contributed by atoms with Gasteiger partial charge in [0.05, 0.1) is 12.0 Å². The van der Waals surface area contributed by atoms with Crippen molar-refractivity contribution in [2.45, 2.75) is 6.92 Å². The van der Waals surface area contributed by atoms with Crippen LogP contribution in [0.5, 0.6) is 5.88 Å². The van der Waals surface area contributed by atoms with E-state index in [0.717, 1.165) is 15.6 Å². The summed E-state index contributed by atoms with van der Waals surface area (Å²) in [5, 5.41) is 0.931. The van der Waals surface area contributed by atoms with Gasteiger partial charge in [0.15, 0.2) is 5.13 Å². The maximum atomic E-state index is 5.73. The average molecular weight is 247 g/mol. The second kappa shape index (κ2) is 5.37. The molecular formula is C10H15ClN2OS. The van der Waals surface area contributed by atoms with E-state index in [4.69, 9.17) is 16.3 Å². The highest BCUT2D eigenvalue weighted by atomic mass is 35.5. The predicted molar refractivity (Wildman–Crippen MR) is 67.4 cm³/mol. The number of allylic oxidation sites excluding steroid dienone is 1. The van der Waals surface area contributed by atoms with Crippen LogP contribution in [0.15, 0.2) is 5.57 Å². The Morgan fingerprint density at radius 3 is 2.73 bits per heavy atom. The topological polar surface area (TPSA) is 25.4 Å². The number of aromatic nitrogens is 1. The van der Waals surface area contributed by atoms with E-state index in [-0.39, 0.29) is 0 Å². The SMILES string of the molecule is COc1nc(N(C)C)sc1C=C(C)CCl. The molecule has 1 heterocycles. The Morgan fingerprint density at radius 2 is 2.27 bits per heavy atom. The van der Waals surface area contributed by atoms with Gasteiger partial charge in [0.1, 0.15) is 0 Å². The maximum absolute atomic E-state index is 5.73. The summed E-state index contributed by atoms with van der Waals surface area (Å²) < 4.78 is 5.21. The molecule has 0 aliphatic heterocycles. The lowest BCUT2D eigenvalue weighted by molar-refractivity contribution is 0.400. The molecule has 0 aliphatic rings. The number of nitrogens with zero attached hydrogens (tertiary/aromatic N) is 2. The van der Waals surface area contributed by atoms with Gasteiger partial charge in [-0.15, -0.1) is 11.6 Å². The van der Waals surface area contributed by atoms with E-state index in [2.05, 4.69) is 4.98 Å². The normalized spacial score (nSPS) is 11.7. The molecule has 3 nitrogen and oxygen atoms in total. The molecule has 0 bridgehead atoms. The van der Waals surface area contributed by atoms with Gasteiger partial charge in [0.2, 0.25) is 5.88 Å². The molecule has 0 atom stereocenters. The third-order valence-corrected chi connectivity index (χ3v) is 3.35. The largest absolute Gasteiger partial charge is 0.480 e. The Labute approximate surface area is 99.3 Å². The molecule has 0 aliphatic carbocycles. The van der Waals surface area contributed by atoms with Crippen molar-refractivity contribution < 1.29 is 4.74 Å². The van der Waals surface area contributed by atoms with Gasteiger partial charge in [-0.3, -0.25) is 0 Å². The number of rotatable bonds is 4. The number of halogens is 1. The minimum atomic E-state index is 0.526. The van der Waals surface area contributed by atoms with Gasteiger partial charge in [-0.05, 0) is 13.0 Å². The van der Waals surface area contributed by atoms with E-state index in [1.165, 1.54) is 0 Å². The van der Waals surface area contributed by atoms with E-state index in [1.807, 2.05) is 32.0 Å². The number of ether oxygens (including phenoxy) is 1. The lowest BCUT2D eigenvalue weighted by atomic mass is 10.3. The number of hydrogen-bond acceptors (Lipinski definition) is 4. The zero-order valence-corrected chi connectivity index (χ0v) is 10.9. The number of anilines is 1. The molecule has 0 aromatic carbocycles. The van der Waals surface area contributed by atoms with Gasteiger partial charge in [0.25, 0.3) is 0 Å². The maximum Gasteiger partial charge on any atom is 0.233 e. The van der Waals surface area contributed by atoms with Gasteiger partial charge in [0, 0.05) is 20.0 Å². The Morgan fingerprint density at radius 1 is 1.60 bits per heavy atom. The standard InChI is InChI=1S/C10H15ClN2OS/c1-7(6-11)5-8-9(14-4)12-10(15-8)13(2)3/h5H,6H2,1-4H3. The zero-order valence-electron chi connectivity index (χ0n) is 9.37. The molecule has 0 fully saturated rings. The van der Waals surface area contributed by atoms with Crippen molar-refractivity contribution in [3.63, 3.8) is 0 Å². The Balaban J connectivity index is 3.06. The van der Waals surface area contributed by atoms with E-state index < -0.39 is 0 Å². The number of thiazole rings is 1. The second-order valence-corrected chi connectivity index (χ2v) is 4.67. The molecule has 5 heteroatoms.